The van der Waals surface area contributed by atoms with Gasteiger partial charge in [0, 0.05) is 6.54 Å². The molecule has 0 saturated heterocycles. The van der Waals surface area contributed by atoms with Crippen LogP contribution in [0.4, 0.5) is 4.79 Å². The highest BCUT2D eigenvalue weighted by molar-refractivity contribution is 5.69. The summed E-state index contributed by atoms with van der Waals surface area (Å²) < 4.78 is 0. The molecule has 1 atom stereocenters. The molecule has 0 aromatic rings. The number of carbonyl (C=O) groups excluding carboxylic acids is 1. The Balaban J connectivity index is 0. The largest absolute Gasteiger partial charge is 0.392 e. The molecule has 0 rings (SSSR count). The molecule has 0 radical (unpaired) electrons. The van der Waals surface area contributed by atoms with Crippen LogP contribution in [0.25, 0.3) is 0 Å². The SMILES string of the molecule is CCC(O)CN.NC(N)=O. The molecule has 0 fully saturated rings. The summed E-state index contributed by atoms with van der Waals surface area (Å²) in [6, 6.07) is -0.833. The standard InChI is InChI=1S/C4H11NO.CH4N2O/c1-2-4(6)3-5;2-1(3)4/h4,6H,2-3,5H2,1H3;(H4,2,3,4). The average Bonchev–Trinajstić information content (AvgIpc) is 1.85. The van der Waals surface area contributed by atoms with E-state index in [1.54, 1.807) is 0 Å². The zero-order valence-electron chi connectivity index (χ0n) is 6.08. The number of aliphatic hydroxyl groups is 1. The number of nitrogens with two attached hydrogens (primary N) is 3. The summed E-state index contributed by atoms with van der Waals surface area (Å²) in [5.74, 6) is 0. The minimum atomic E-state index is -0.833. The van der Waals surface area contributed by atoms with E-state index in [1.807, 2.05) is 6.92 Å². The van der Waals surface area contributed by atoms with Crippen LogP contribution in [-0.2, 0) is 0 Å². The van der Waals surface area contributed by atoms with Gasteiger partial charge in [-0.05, 0) is 6.42 Å². The molecular formula is C5H15N3O2. The monoisotopic (exact) mass is 149 g/mol. The first-order valence-corrected chi connectivity index (χ1v) is 2.97. The van der Waals surface area contributed by atoms with Crippen molar-refractivity contribution in [1.82, 2.24) is 0 Å². The van der Waals surface area contributed by atoms with Gasteiger partial charge in [0.1, 0.15) is 0 Å². The van der Waals surface area contributed by atoms with Gasteiger partial charge in [0.2, 0.25) is 0 Å². The van der Waals surface area contributed by atoms with Crippen LogP contribution in [-0.4, -0.2) is 23.8 Å². The highest BCUT2D eigenvalue weighted by Gasteiger charge is 1.90. The zero-order chi connectivity index (χ0) is 8.57. The maximum atomic E-state index is 9.00. The van der Waals surface area contributed by atoms with Crippen molar-refractivity contribution in [2.45, 2.75) is 19.4 Å². The van der Waals surface area contributed by atoms with E-state index in [-0.39, 0.29) is 6.10 Å². The Morgan fingerprint density at radius 3 is 1.90 bits per heavy atom. The van der Waals surface area contributed by atoms with Crippen molar-refractivity contribution in [3.8, 4) is 0 Å². The van der Waals surface area contributed by atoms with E-state index in [0.29, 0.717) is 6.54 Å². The van der Waals surface area contributed by atoms with E-state index in [1.165, 1.54) is 0 Å². The van der Waals surface area contributed by atoms with Gasteiger partial charge in [0.25, 0.3) is 0 Å². The van der Waals surface area contributed by atoms with Gasteiger partial charge in [-0.25, -0.2) is 4.79 Å². The molecule has 1 unspecified atom stereocenters. The van der Waals surface area contributed by atoms with Crippen molar-refractivity contribution in [3.63, 3.8) is 0 Å². The number of urea groups is 1. The van der Waals surface area contributed by atoms with E-state index in [2.05, 4.69) is 11.5 Å². The van der Waals surface area contributed by atoms with Crippen molar-refractivity contribution in [3.05, 3.63) is 0 Å². The summed E-state index contributed by atoms with van der Waals surface area (Å²) in [5.41, 5.74) is 13.5. The van der Waals surface area contributed by atoms with Crippen molar-refractivity contribution in [2.75, 3.05) is 6.54 Å². The second kappa shape index (κ2) is 8.19. The molecule has 0 saturated carbocycles. The molecule has 2 amide bonds. The summed E-state index contributed by atoms with van der Waals surface area (Å²) in [4.78, 5) is 9.00. The van der Waals surface area contributed by atoms with Gasteiger partial charge in [0.15, 0.2) is 0 Å². The first-order valence-electron chi connectivity index (χ1n) is 2.97. The molecule has 0 aliphatic rings. The van der Waals surface area contributed by atoms with Crippen molar-refractivity contribution >= 4 is 6.03 Å². The first kappa shape index (κ1) is 11.9. The van der Waals surface area contributed by atoms with Crippen LogP contribution in [0.2, 0.25) is 0 Å². The Kier molecular flexibility index (Phi) is 9.77. The predicted molar refractivity (Wildman–Crippen MR) is 39.1 cm³/mol. The molecule has 0 spiro atoms. The fourth-order valence-corrected chi connectivity index (χ4v) is 0.167. The summed E-state index contributed by atoms with van der Waals surface area (Å²) >= 11 is 0. The Bertz CT molecular complexity index is 79.0. The quantitative estimate of drug-likeness (QED) is 0.392. The molecule has 0 heterocycles. The topological polar surface area (TPSA) is 115 Å². The molecule has 7 N–H and O–H groups in total. The number of aliphatic hydroxyl groups excluding tert-OH is 1. The highest BCUT2D eigenvalue weighted by atomic mass is 16.3. The van der Waals surface area contributed by atoms with E-state index >= 15 is 0 Å². The second-order valence-electron chi connectivity index (χ2n) is 1.70. The molecule has 0 bridgehead atoms. The lowest BCUT2D eigenvalue weighted by atomic mass is 10.3. The molecule has 0 aliphatic carbocycles. The van der Waals surface area contributed by atoms with E-state index in [9.17, 15) is 0 Å². The van der Waals surface area contributed by atoms with Crippen LogP contribution in [0.5, 0.6) is 0 Å². The smallest absolute Gasteiger partial charge is 0.309 e. The van der Waals surface area contributed by atoms with Crippen molar-refractivity contribution in [1.29, 1.82) is 0 Å². The van der Waals surface area contributed by atoms with Crippen molar-refractivity contribution < 1.29 is 9.90 Å². The molecular weight excluding hydrogens is 134 g/mol. The van der Waals surface area contributed by atoms with Gasteiger partial charge in [-0.3, -0.25) is 0 Å². The van der Waals surface area contributed by atoms with Gasteiger partial charge in [-0.15, -0.1) is 0 Å². The fourth-order valence-electron chi connectivity index (χ4n) is 0.167. The van der Waals surface area contributed by atoms with Gasteiger partial charge < -0.3 is 22.3 Å². The van der Waals surface area contributed by atoms with Crippen LogP contribution in [0.3, 0.4) is 0 Å². The van der Waals surface area contributed by atoms with Gasteiger partial charge >= 0.3 is 6.03 Å². The van der Waals surface area contributed by atoms with Crippen LogP contribution in [0.15, 0.2) is 0 Å². The fraction of sp³-hybridized carbons (Fsp3) is 0.800. The molecule has 0 aliphatic heterocycles. The first-order chi connectivity index (χ1) is 4.54. The third kappa shape index (κ3) is 27.1. The second-order valence-corrected chi connectivity index (χ2v) is 1.70. The Labute approximate surface area is 60.2 Å². The molecule has 0 aromatic carbocycles. The minimum Gasteiger partial charge on any atom is -0.392 e. The average molecular weight is 149 g/mol. The lowest BCUT2D eigenvalue weighted by molar-refractivity contribution is 0.179. The van der Waals surface area contributed by atoms with Crippen LogP contribution in [0, 0.1) is 0 Å². The third-order valence-corrected chi connectivity index (χ3v) is 0.743. The number of hydrogen-bond donors (Lipinski definition) is 4. The van der Waals surface area contributed by atoms with E-state index in [0.717, 1.165) is 6.42 Å². The summed E-state index contributed by atoms with van der Waals surface area (Å²) in [5, 5.41) is 8.54. The number of primary amides is 2. The summed E-state index contributed by atoms with van der Waals surface area (Å²) in [7, 11) is 0. The maximum Gasteiger partial charge on any atom is 0.309 e. The molecule has 10 heavy (non-hydrogen) atoms. The Morgan fingerprint density at radius 1 is 1.60 bits per heavy atom. The number of carbonyl (C=O) groups is 1. The number of rotatable bonds is 2. The lowest BCUT2D eigenvalue weighted by Crippen LogP contribution is -2.18. The Morgan fingerprint density at radius 2 is 1.90 bits per heavy atom. The predicted octanol–water partition coefficient (Wildman–Crippen LogP) is -1.26. The van der Waals surface area contributed by atoms with Crippen LogP contribution >= 0.6 is 0 Å². The highest BCUT2D eigenvalue weighted by Crippen LogP contribution is 1.81. The third-order valence-electron chi connectivity index (χ3n) is 0.743. The summed E-state index contributed by atoms with van der Waals surface area (Å²) in [6.45, 7) is 2.29. The van der Waals surface area contributed by atoms with Crippen molar-refractivity contribution in [2.24, 2.45) is 17.2 Å². The van der Waals surface area contributed by atoms with Gasteiger partial charge in [0.05, 0.1) is 6.10 Å². The number of hydrogen-bond acceptors (Lipinski definition) is 3. The lowest BCUT2D eigenvalue weighted by Gasteiger charge is -1.98. The van der Waals surface area contributed by atoms with Crippen LogP contribution < -0.4 is 17.2 Å². The molecule has 5 nitrogen and oxygen atoms in total. The minimum absolute atomic E-state index is 0.287. The zero-order valence-corrected chi connectivity index (χ0v) is 6.08. The summed E-state index contributed by atoms with van der Waals surface area (Å²) in [6.07, 6.45) is 0.473. The normalized spacial score (nSPS) is 11.1. The Hall–Kier alpha value is -0.810. The molecule has 62 valence electrons. The van der Waals surface area contributed by atoms with Gasteiger partial charge in [-0.1, -0.05) is 6.92 Å². The van der Waals surface area contributed by atoms with Crippen LogP contribution in [0.1, 0.15) is 13.3 Å². The molecule has 0 aromatic heterocycles. The van der Waals surface area contributed by atoms with E-state index in [4.69, 9.17) is 15.6 Å². The molecule has 5 heteroatoms. The van der Waals surface area contributed by atoms with E-state index < -0.39 is 6.03 Å². The number of amides is 2. The maximum absolute atomic E-state index is 9.00. The van der Waals surface area contributed by atoms with Gasteiger partial charge in [-0.2, -0.15) is 0 Å².